The van der Waals surface area contributed by atoms with Crippen molar-refractivity contribution in [2.45, 2.75) is 38.1 Å². The summed E-state index contributed by atoms with van der Waals surface area (Å²) in [6.45, 7) is -0.358. The van der Waals surface area contributed by atoms with Crippen LogP contribution in [0.3, 0.4) is 0 Å². The van der Waals surface area contributed by atoms with Gasteiger partial charge in [0.15, 0.2) is 0 Å². The number of carbonyl (C=O) groups excluding carboxylic acids is 3. The van der Waals surface area contributed by atoms with Gasteiger partial charge < -0.3 is 16.0 Å². The Bertz CT molecular complexity index is 797. The largest absolute Gasteiger partial charge is 0.394 e. The van der Waals surface area contributed by atoms with E-state index in [1.54, 1.807) is 18.2 Å². The molecule has 2 heterocycles. The Balaban J connectivity index is 1.63. The zero-order valence-electron chi connectivity index (χ0n) is 15.0. The molecule has 1 fully saturated rings. The van der Waals surface area contributed by atoms with Gasteiger partial charge in [0.2, 0.25) is 11.8 Å². The predicted octanol–water partition coefficient (Wildman–Crippen LogP) is 0.674. The molecule has 2 atom stereocenters. The molecule has 1 aromatic carbocycles. The van der Waals surface area contributed by atoms with Gasteiger partial charge in [0.1, 0.15) is 6.04 Å². The molecular formula is C18H21F3N4O3. The highest BCUT2D eigenvalue weighted by Gasteiger charge is 2.39. The van der Waals surface area contributed by atoms with Crippen LogP contribution in [0, 0.1) is 5.92 Å². The number of amides is 3. The van der Waals surface area contributed by atoms with Gasteiger partial charge in [0.25, 0.3) is 5.91 Å². The van der Waals surface area contributed by atoms with E-state index >= 15 is 0 Å². The van der Waals surface area contributed by atoms with Crippen molar-refractivity contribution >= 4 is 17.7 Å². The van der Waals surface area contributed by atoms with Gasteiger partial charge in [-0.2, -0.15) is 13.2 Å². The van der Waals surface area contributed by atoms with Crippen molar-refractivity contribution in [3.05, 3.63) is 34.9 Å². The molecule has 4 N–H and O–H groups in total. The number of nitrogens with two attached hydrogens (primary N) is 1. The highest BCUT2D eigenvalue weighted by Crippen LogP contribution is 2.28. The molecule has 2 unspecified atom stereocenters. The number of hydrogen-bond donors (Lipinski definition) is 3. The van der Waals surface area contributed by atoms with Crippen molar-refractivity contribution < 1.29 is 27.6 Å². The van der Waals surface area contributed by atoms with Crippen LogP contribution in [0.4, 0.5) is 13.2 Å². The number of rotatable bonds is 6. The summed E-state index contributed by atoms with van der Waals surface area (Å²) in [7, 11) is 0. The molecule has 28 heavy (non-hydrogen) atoms. The molecule has 2 aliphatic rings. The van der Waals surface area contributed by atoms with E-state index in [1.807, 2.05) is 0 Å². The van der Waals surface area contributed by atoms with Crippen molar-refractivity contribution in [2.75, 3.05) is 13.1 Å². The number of imide groups is 1. The number of alkyl halides is 3. The van der Waals surface area contributed by atoms with Gasteiger partial charge in [0.05, 0.1) is 5.92 Å². The second kappa shape index (κ2) is 7.88. The molecule has 10 heteroatoms. The summed E-state index contributed by atoms with van der Waals surface area (Å²) in [4.78, 5) is 37.3. The number of hydrogen-bond acceptors (Lipinski definition) is 5. The highest BCUT2D eigenvalue weighted by molar-refractivity contribution is 6.05. The van der Waals surface area contributed by atoms with Crippen LogP contribution < -0.4 is 16.4 Å². The lowest BCUT2D eigenvalue weighted by molar-refractivity contribution is -0.170. The molecule has 0 aliphatic carbocycles. The molecular weight excluding hydrogens is 377 g/mol. The zero-order chi connectivity index (χ0) is 20.5. The Hall–Kier alpha value is -2.46. The van der Waals surface area contributed by atoms with Gasteiger partial charge in [-0.05, 0) is 23.6 Å². The second-order valence-corrected chi connectivity index (χ2v) is 7.00. The topological polar surface area (TPSA) is 105 Å². The number of piperidine rings is 1. The summed E-state index contributed by atoms with van der Waals surface area (Å²) in [5.41, 5.74) is 7.08. The number of nitrogens with zero attached hydrogens (tertiary/aromatic N) is 1. The smallest absolute Gasteiger partial charge is 0.330 e. The van der Waals surface area contributed by atoms with Gasteiger partial charge in [-0.3, -0.25) is 19.7 Å². The van der Waals surface area contributed by atoms with Gasteiger partial charge in [-0.1, -0.05) is 12.1 Å². The summed E-state index contributed by atoms with van der Waals surface area (Å²) in [6.07, 6.45) is -3.90. The van der Waals surface area contributed by atoms with Crippen LogP contribution in [-0.4, -0.2) is 47.9 Å². The van der Waals surface area contributed by atoms with Crippen LogP contribution in [0.25, 0.3) is 0 Å². The third-order valence-electron chi connectivity index (χ3n) is 5.06. The van der Waals surface area contributed by atoms with Crippen LogP contribution in [0.15, 0.2) is 18.2 Å². The third-order valence-corrected chi connectivity index (χ3v) is 5.06. The quantitative estimate of drug-likeness (QED) is 0.611. The molecule has 0 saturated carbocycles. The first-order valence-electron chi connectivity index (χ1n) is 8.94. The van der Waals surface area contributed by atoms with E-state index in [1.165, 1.54) is 4.90 Å². The second-order valence-electron chi connectivity index (χ2n) is 7.00. The van der Waals surface area contributed by atoms with Gasteiger partial charge in [-0.15, -0.1) is 0 Å². The monoisotopic (exact) mass is 398 g/mol. The fraction of sp³-hybridized carbons (Fsp3) is 0.500. The standard InChI is InChI=1S/C18H21F3N4O3/c19-18(20,21)12(6-22)8-23-7-10-1-2-13-11(5-10)9-25(17(13)28)14-3-4-15(26)24-16(14)27/h1-2,5,12,14,23H,3-4,6-9,22H2,(H,24,26,27). The number of benzene rings is 1. The zero-order valence-corrected chi connectivity index (χ0v) is 15.0. The van der Waals surface area contributed by atoms with Crippen LogP contribution in [0.5, 0.6) is 0 Å². The van der Waals surface area contributed by atoms with Gasteiger partial charge >= 0.3 is 6.18 Å². The molecule has 7 nitrogen and oxygen atoms in total. The Kier molecular flexibility index (Phi) is 5.71. The maximum atomic E-state index is 12.7. The SMILES string of the molecule is NCC(CNCc1ccc2c(c1)CN(C1CCC(=O)NC1=O)C2=O)C(F)(F)F. The summed E-state index contributed by atoms with van der Waals surface area (Å²) >= 11 is 0. The Morgan fingerprint density at radius 2 is 2.04 bits per heavy atom. The Morgan fingerprint density at radius 3 is 2.68 bits per heavy atom. The molecule has 0 spiro atoms. The van der Waals surface area contributed by atoms with E-state index in [9.17, 15) is 27.6 Å². The summed E-state index contributed by atoms with van der Waals surface area (Å²) in [6, 6.07) is 4.33. The molecule has 3 amide bonds. The average molecular weight is 398 g/mol. The minimum absolute atomic E-state index is 0.174. The van der Waals surface area contributed by atoms with Gasteiger partial charge in [-0.25, -0.2) is 0 Å². The van der Waals surface area contributed by atoms with Crippen molar-refractivity contribution in [3.63, 3.8) is 0 Å². The lowest BCUT2D eigenvalue weighted by Crippen LogP contribution is -2.52. The van der Waals surface area contributed by atoms with Crippen molar-refractivity contribution in [1.82, 2.24) is 15.5 Å². The van der Waals surface area contributed by atoms with E-state index < -0.39 is 30.6 Å². The number of halogens is 3. The fourth-order valence-electron chi connectivity index (χ4n) is 3.46. The molecule has 1 aromatic rings. The maximum Gasteiger partial charge on any atom is 0.394 e. The van der Waals surface area contributed by atoms with Crippen LogP contribution in [-0.2, 0) is 22.7 Å². The van der Waals surface area contributed by atoms with Crippen molar-refractivity contribution in [2.24, 2.45) is 11.7 Å². The summed E-state index contributed by atoms with van der Waals surface area (Å²) in [5, 5.41) is 4.99. The predicted molar refractivity (Wildman–Crippen MR) is 92.8 cm³/mol. The normalized spacial score (nSPS) is 20.9. The van der Waals surface area contributed by atoms with Crippen molar-refractivity contribution in [3.8, 4) is 0 Å². The van der Waals surface area contributed by atoms with E-state index in [2.05, 4.69) is 10.6 Å². The number of nitrogens with one attached hydrogen (secondary N) is 2. The number of carbonyl (C=O) groups is 3. The Morgan fingerprint density at radius 1 is 1.29 bits per heavy atom. The summed E-state index contributed by atoms with van der Waals surface area (Å²) in [5.74, 6) is -2.75. The first-order chi connectivity index (χ1) is 13.2. The average Bonchev–Trinajstić information content (AvgIpc) is 2.94. The molecule has 1 saturated heterocycles. The van der Waals surface area contributed by atoms with E-state index in [0.29, 0.717) is 11.1 Å². The Labute approximate surface area is 159 Å². The highest BCUT2D eigenvalue weighted by atomic mass is 19.4. The van der Waals surface area contributed by atoms with Crippen LogP contribution in [0.2, 0.25) is 0 Å². The summed E-state index contributed by atoms with van der Waals surface area (Å²) < 4.78 is 38.2. The molecule has 0 bridgehead atoms. The lowest BCUT2D eigenvalue weighted by Gasteiger charge is -2.29. The minimum atomic E-state index is -4.35. The van der Waals surface area contributed by atoms with Crippen molar-refractivity contribution in [1.29, 1.82) is 0 Å². The molecule has 3 rings (SSSR count). The maximum absolute atomic E-state index is 12.7. The van der Waals surface area contributed by atoms with E-state index in [0.717, 1.165) is 5.56 Å². The van der Waals surface area contributed by atoms with Crippen LogP contribution in [0.1, 0.15) is 34.3 Å². The number of fused-ring (bicyclic) bond motifs is 1. The molecule has 0 radical (unpaired) electrons. The molecule has 0 aromatic heterocycles. The van der Waals surface area contributed by atoms with Crippen LogP contribution >= 0.6 is 0 Å². The first kappa shape index (κ1) is 20.3. The lowest BCUT2D eigenvalue weighted by atomic mass is 10.0. The third kappa shape index (κ3) is 4.17. The van der Waals surface area contributed by atoms with Gasteiger partial charge in [0, 0.05) is 38.2 Å². The fourth-order valence-corrected chi connectivity index (χ4v) is 3.46. The minimum Gasteiger partial charge on any atom is -0.330 e. The van der Waals surface area contributed by atoms with E-state index in [-0.39, 0.29) is 44.3 Å². The van der Waals surface area contributed by atoms with E-state index in [4.69, 9.17) is 5.73 Å². The molecule has 152 valence electrons. The molecule has 2 aliphatic heterocycles. The first-order valence-corrected chi connectivity index (χ1v) is 8.94.